The maximum Gasteiger partial charge on any atom is 0.252 e. The van der Waals surface area contributed by atoms with Gasteiger partial charge in [-0.15, -0.1) is 5.10 Å². The molecule has 0 atom stereocenters. The van der Waals surface area contributed by atoms with Crippen molar-refractivity contribution in [3.63, 3.8) is 0 Å². The number of hydrogen-bond acceptors (Lipinski definition) is 5. The lowest BCUT2D eigenvalue weighted by Crippen LogP contribution is -2.01. The summed E-state index contributed by atoms with van der Waals surface area (Å²) in [5.41, 5.74) is 1.36. The molecule has 0 fully saturated rings. The van der Waals surface area contributed by atoms with E-state index in [1.807, 2.05) is 12.1 Å². The Morgan fingerprint density at radius 1 is 1.33 bits per heavy atom. The highest BCUT2D eigenvalue weighted by atomic mass is 16.5. The molecule has 1 aromatic heterocycles. The molecule has 2 aromatic rings. The molecule has 0 saturated carbocycles. The van der Waals surface area contributed by atoms with Crippen LogP contribution in [0, 0.1) is 22.7 Å². The molecule has 0 N–H and O–H groups in total. The van der Waals surface area contributed by atoms with Crippen molar-refractivity contribution in [2.75, 3.05) is 7.11 Å². The summed E-state index contributed by atoms with van der Waals surface area (Å²) in [5, 5.41) is 21.5. The van der Waals surface area contributed by atoms with Gasteiger partial charge in [-0.3, -0.25) is 0 Å². The van der Waals surface area contributed by atoms with E-state index in [-0.39, 0.29) is 5.82 Å². The number of aromatic nitrogens is 3. The van der Waals surface area contributed by atoms with Crippen LogP contribution in [0.15, 0.2) is 24.5 Å². The maximum absolute atomic E-state index is 8.97. The molecule has 0 aliphatic rings. The Balaban J connectivity index is 2.25. The fraction of sp³-hybridized carbons (Fsp3) is 0.167. The van der Waals surface area contributed by atoms with Crippen molar-refractivity contribution < 1.29 is 4.74 Å². The van der Waals surface area contributed by atoms with Crippen LogP contribution in [-0.4, -0.2) is 21.9 Å². The second-order valence-electron chi connectivity index (χ2n) is 3.52. The third kappa shape index (κ3) is 2.28. The van der Waals surface area contributed by atoms with Crippen molar-refractivity contribution in [3.05, 3.63) is 41.5 Å². The largest absolute Gasteiger partial charge is 0.495 e. The highest BCUT2D eigenvalue weighted by Crippen LogP contribution is 2.19. The van der Waals surface area contributed by atoms with Crippen LogP contribution in [0.1, 0.15) is 17.0 Å². The molecule has 1 heterocycles. The SMILES string of the molecule is COc1ccc(Cn2cnc(C#N)n2)cc1C#N. The van der Waals surface area contributed by atoms with E-state index in [9.17, 15) is 0 Å². The number of nitriles is 2. The first kappa shape index (κ1) is 11.6. The Morgan fingerprint density at radius 2 is 2.17 bits per heavy atom. The monoisotopic (exact) mass is 239 g/mol. The molecule has 0 amide bonds. The second kappa shape index (κ2) is 4.98. The molecule has 18 heavy (non-hydrogen) atoms. The molecule has 0 aliphatic heterocycles. The summed E-state index contributed by atoms with van der Waals surface area (Å²) in [5.74, 6) is 0.668. The van der Waals surface area contributed by atoms with Gasteiger partial charge in [0.05, 0.1) is 19.2 Å². The standard InChI is InChI=1S/C12H9N5O/c1-18-11-3-2-9(4-10(11)5-13)7-17-8-15-12(6-14)16-17/h2-4,8H,7H2,1H3. The van der Waals surface area contributed by atoms with Crippen molar-refractivity contribution in [1.29, 1.82) is 10.5 Å². The Bertz CT molecular complexity index is 647. The fourth-order valence-corrected chi connectivity index (χ4v) is 1.55. The zero-order valence-corrected chi connectivity index (χ0v) is 9.66. The molecular formula is C12H9N5O. The van der Waals surface area contributed by atoms with Gasteiger partial charge in [0.25, 0.3) is 5.82 Å². The Kier molecular flexibility index (Phi) is 3.22. The van der Waals surface area contributed by atoms with Crippen molar-refractivity contribution in [2.24, 2.45) is 0 Å². The normalized spacial score (nSPS) is 9.50. The average molecular weight is 239 g/mol. The number of rotatable bonds is 3. The number of hydrogen-bond donors (Lipinski definition) is 0. The van der Waals surface area contributed by atoms with Gasteiger partial charge in [-0.1, -0.05) is 6.07 Å². The molecular weight excluding hydrogens is 230 g/mol. The summed E-state index contributed by atoms with van der Waals surface area (Å²) >= 11 is 0. The maximum atomic E-state index is 8.97. The van der Waals surface area contributed by atoms with Crippen LogP contribution in [0.3, 0.4) is 0 Å². The van der Waals surface area contributed by atoms with Crippen LogP contribution >= 0.6 is 0 Å². The van der Waals surface area contributed by atoms with Gasteiger partial charge in [-0.2, -0.15) is 10.5 Å². The third-order valence-corrected chi connectivity index (χ3v) is 2.37. The molecule has 1 aromatic carbocycles. The summed E-state index contributed by atoms with van der Waals surface area (Å²) in [4.78, 5) is 3.81. The lowest BCUT2D eigenvalue weighted by molar-refractivity contribution is 0.413. The van der Waals surface area contributed by atoms with E-state index in [4.69, 9.17) is 15.3 Å². The lowest BCUT2D eigenvalue weighted by atomic mass is 10.1. The lowest BCUT2D eigenvalue weighted by Gasteiger charge is -2.05. The summed E-state index contributed by atoms with van der Waals surface area (Å²) in [6.07, 6.45) is 1.48. The number of methoxy groups -OCH3 is 1. The van der Waals surface area contributed by atoms with E-state index in [0.29, 0.717) is 17.9 Å². The van der Waals surface area contributed by atoms with Gasteiger partial charge in [0, 0.05) is 0 Å². The van der Waals surface area contributed by atoms with Crippen molar-refractivity contribution in [1.82, 2.24) is 14.8 Å². The van der Waals surface area contributed by atoms with E-state index in [0.717, 1.165) is 5.56 Å². The van der Waals surface area contributed by atoms with E-state index in [1.54, 1.807) is 16.8 Å². The van der Waals surface area contributed by atoms with Crippen LogP contribution in [0.5, 0.6) is 5.75 Å². The number of nitrogens with zero attached hydrogens (tertiary/aromatic N) is 5. The summed E-state index contributed by atoms with van der Waals surface area (Å²) < 4.78 is 6.61. The first-order valence-electron chi connectivity index (χ1n) is 5.13. The van der Waals surface area contributed by atoms with Crippen molar-refractivity contribution in [3.8, 4) is 17.9 Å². The van der Waals surface area contributed by atoms with Crippen LogP contribution in [0.2, 0.25) is 0 Å². The molecule has 6 nitrogen and oxygen atoms in total. The molecule has 88 valence electrons. The highest BCUT2D eigenvalue weighted by molar-refractivity contribution is 5.45. The van der Waals surface area contributed by atoms with Crippen molar-refractivity contribution >= 4 is 0 Å². The smallest absolute Gasteiger partial charge is 0.252 e. The quantitative estimate of drug-likeness (QED) is 0.799. The van der Waals surface area contributed by atoms with Gasteiger partial charge in [0.2, 0.25) is 0 Å². The molecule has 0 bridgehead atoms. The summed E-state index contributed by atoms with van der Waals surface area (Å²) in [6.45, 7) is 0.452. The van der Waals surface area contributed by atoms with Gasteiger partial charge in [-0.25, -0.2) is 9.67 Å². The predicted octanol–water partition coefficient (Wildman–Crippen LogP) is 1.08. The minimum Gasteiger partial charge on any atom is -0.495 e. The summed E-state index contributed by atoms with van der Waals surface area (Å²) in [6, 6.07) is 9.23. The van der Waals surface area contributed by atoms with Gasteiger partial charge in [0.15, 0.2) is 0 Å². The second-order valence-corrected chi connectivity index (χ2v) is 3.52. The fourth-order valence-electron chi connectivity index (χ4n) is 1.55. The predicted molar refractivity (Wildman–Crippen MR) is 61.5 cm³/mol. The van der Waals surface area contributed by atoms with Crippen LogP contribution < -0.4 is 4.74 Å². The molecule has 0 saturated heterocycles. The third-order valence-electron chi connectivity index (χ3n) is 2.37. The molecule has 0 radical (unpaired) electrons. The van der Waals surface area contributed by atoms with Crippen LogP contribution in [0.4, 0.5) is 0 Å². The van der Waals surface area contributed by atoms with Gasteiger partial charge in [-0.05, 0) is 17.7 Å². The molecule has 0 aliphatic carbocycles. The van der Waals surface area contributed by atoms with Crippen molar-refractivity contribution in [2.45, 2.75) is 6.54 Å². The first-order chi connectivity index (χ1) is 8.76. The van der Waals surface area contributed by atoms with E-state index < -0.39 is 0 Å². The van der Waals surface area contributed by atoms with Gasteiger partial charge in [0.1, 0.15) is 24.2 Å². The number of ether oxygens (including phenoxy) is 1. The molecule has 0 spiro atoms. The van der Waals surface area contributed by atoms with E-state index in [1.165, 1.54) is 13.4 Å². The topological polar surface area (TPSA) is 87.5 Å². The zero-order chi connectivity index (χ0) is 13.0. The summed E-state index contributed by atoms with van der Waals surface area (Å²) in [7, 11) is 1.52. The minimum absolute atomic E-state index is 0.129. The van der Waals surface area contributed by atoms with Crippen LogP contribution in [0.25, 0.3) is 0 Å². The highest BCUT2D eigenvalue weighted by Gasteiger charge is 2.05. The molecule has 0 unspecified atom stereocenters. The first-order valence-corrected chi connectivity index (χ1v) is 5.13. The van der Waals surface area contributed by atoms with Gasteiger partial charge < -0.3 is 4.74 Å². The van der Waals surface area contributed by atoms with Gasteiger partial charge >= 0.3 is 0 Å². The average Bonchev–Trinajstić information content (AvgIpc) is 2.86. The molecule has 6 heteroatoms. The Hall–Kier alpha value is -2.86. The van der Waals surface area contributed by atoms with E-state index in [2.05, 4.69) is 16.2 Å². The Morgan fingerprint density at radius 3 is 2.78 bits per heavy atom. The number of benzene rings is 1. The van der Waals surface area contributed by atoms with Crippen LogP contribution in [-0.2, 0) is 6.54 Å². The Labute approximate surface area is 104 Å². The van der Waals surface area contributed by atoms with E-state index >= 15 is 0 Å². The zero-order valence-electron chi connectivity index (χ0n) is 9.66. The minimum atomic E-state index is 0.129. The molecule has 2 rings (SSSR count).